The molecule has 0 aliphatic heterocycles. The van der Waals surface area contributed by atoms with E-state index in [1.807, 2.05) is 0 Å². The van der Waals surface area contributed by atoms with E-state index in [4.69, 9.17) is 4.74 Å². The van der Waals surface area contributed by atoms with Crippen LogP contribution in [0.1, 0.15) is 32.7 Å². The number of ketones is 2. The summed E-state index contributed by atoms with van der Waals surface area (Å²) in [6.45, 7) is 0.877. The highest BCUT2D eigenvalue weighted by molar-refractivity contribution is 6.01. The summed E-state index contributed by atoms with van der Waals surface area (Å²) in [5.41, 5.74) is 0.963. The molecule has 0 aliphatic rings. The molecule has 1 N–H and O–H groups in total. The first-order valence-electron chi connectivity index (χ1n) is 10.3. The van der Waals surface area contributed by atoms with E-state index in [1.165, 1.54) is 36.4 Å². The molecular weight excluding hydrogens is 443 g/mol. The van der Waals surface area contributed by atoms with Crippen molar-refractivity contribution < 1.29 is 28.4 Å². The van der Waals surface area contributed by atoms with Gasteiger partial charge in [-0.05, 0) is 31.2 Å². The topological polar surface area (TPSA) is 116 Å². The number of aryl methyl sites for hydroxylation is 1. The van der Waals surface area contributed by atoms with Crippen LogP contribution in [-0.2, 0) is 9.53 Å². The lowest BCUT2D eigenvalue weighted by Gasteiger charge is -2.18. The third kappa shape index (κ3) is 6.32. The fourth-order valence-electron chi connectivity index (χ4n) is 3.17. The molecule has 0 radical (unpaired) electrons. The van der Waals surface area contributed by atoms with Gasteiger partial charge < -0.3 is 10.1 Å². The van der Waals surface area contributed by atoms with E-state index in [0.29, 0.717) is 16.8 Å². The average Bonchev–Trinajstić information content (AvgIpc) is 2.83. The Morgan fingerprint density at radius 3 is 2.29 bits per heavy atom. The van der Waals surface area contributed by atoms with Crippen molar-refractivity contribution in [1.29, 1.82) is 0 Å². The second kappa shape index (κ2) is 11.0. The highest BCUT2D eigenvalue weighted by Gasteiger charge is 2.25. The Balaban J connectivity index is 1.73. The summed E-state index contributed by atoms with van der Waals surface area (Å²) in [7, 11) is 0. The number of ether oxygens (including phenoxy) is 1. The number of nitro benzene ring substituents is 1. The van der Waals surface area contributed by atoms with E-state index >= 15 is 0 Å². The fourth-order valence-corrected chi connectivity index (χ4v) is 3.17. The van der Waals surface area contributed by atoms with Crippen molar-refractivity contribution in [3.63, 3.8) is 0 Å². The molecule has 0 amide bonds. The summed E-state index contributed by atoms with van der Waals surface area (Å²) in [6.07, 6.45) is -0.273. The van der Waals surface area contributed by atoms with Gasteiger partial charge in [-0.25, -0.2) is 9.18 Å². The van der Waals surface area contributed by atoms with Crippen LogP contribution in [0.2, 0.25) is 0 Å². The number of nitrogens with one attached hydrogen (secondary N) is 1. The Bertz CT molecular complexity index is 1210. The molecule has 3 aromatic rings. The summed E-state index contributed by atoms with van der Waals surface area (Å²) in [6, 6.07) is 16.3. The van der Waals surface area contributed by atoms with E-state index in [-0.39, 0.29) is 23.5 Å². The van der Waals surface area contributed by atoms with Crippen molar-refractivity contribution in [2.75, 3.05) is 11.9 Å². The Labute approximate surface area is 194 Å². The first-order chi connectivity index (χ1) is 16.2. The lowest BCUT2D eigenvalue weighted by atomic mass is 10.0. The molecule has 0 saturated carbocycles. The molecule has 0 aliphatic carbocycles. The van der Waals surface area contributed by atoms with Crippen LogP contribution in [0.4, 0.5) is 15.8 Å². The summed E-state index contributed by atoms with van der Waals surface area (Å²) in [5.74, 6) is -2.31. The minimum atomic E-state index is -1.15. The van der Waals surface area contributed by atoms with E-state index in [2.05, 4.69) is 5.32 Å². The van der Waals surface area contributed by atoms with E-state index < -0.39 is 35.1 Å². The van der Waals surface area contributed by atoms with Crippen LogP contribution in [0.25, 0.3) is 0 Å². The average molecular weight is 464 g/mol. The third-order valence-electron chi connectivity index (χ3n) is 5.03. The molecule has 1 atom stereocenters. The predicted octanol–water partition coefficient (Wildman–Crippen LogP) is 4.52. The Morgan fingerprint density at radius 2 is 1.65 bits per heavy atom. The van der Waals surface area contributed by atoms with Gasteiger partial charge >= 0.3 is 5.97 Å². The lowest BCUT2D eigenvalue weighted by Crippen LogP contribution is -2.34. The molecular formula is C25H21FN2O6. The van der Waals surface area contributed by atoms with Crippen molar-refractivity contribution in [2.24, 2.45) is 0 Å². The number of hydrogen-bond donors (Lipinski definition) is 1. The Morgan fingerprint density at radius 1 is 0.971 bits per heavy atom. The van der Waals surface area contributed by atoms with E-state index in [0.717, 1.165) is 6.07 Å². The normalized spacial score (nSPS) is 11.4. The second-order valence-electron chi connectivity index (χ2n) is 7.49. The molecule has 174 valence electrons. The maximum atomic E-state index is 13.2. The molecule has 3 rings (SSSR count). The number of carbonyl (C=O) groups excluding carboxylic acids is 3. The Hall–Kier alpha value is -4.40. The van der Waals surface area contributed by atoms with Crippen LogP contribution in [0.15, 0.2) is 72.8 Å². The number of halogens is 1. The summed E-state index contributed by atoms with van der Waals surface area (Å²) in [5, 5.41) is 14.0. The summed E-state index contributed by atoms with van der Waals surface area (Å²) >= 11 is 0. The molecule has 0 spiro atoms. The maximum Gasteiger partial charge on any atom is 0.329 e. The molecule has 9 heteroatoms. The molecule has 0 aromatic heterocycles. The van der Waals surface area contributed by atoms with Gasteiger partial charge in [-0.3, -0.25) is 19.7 Å². The third-order valence-corrected chi connectivity index (χ3v) is 5.03. The smallest absolute Gasteiger partial charge is 0.329 e. The number of carbonyl (C=O) groups is 3. The van der Waals surface area contributed by atoms with Gasteiger partial charge in [-0.15, -0.1) is 0 Å². The SMILES string of the molecule is Cc1ccc(C(=O)COC(=O)C(CC(=O)c2ccccc2)Nc2ccc(F)cc2)cc1[N+](=O)[O-]. The minimum absolute atomic E-state index is 0.0218. The molecule has 0 saturated heterocycles. The van der Waals surface area contributed by atoms with Crippen molar-refractivity contribution in [2.45, 2.75) is 19.4 Å². The van der Waals surface area contributed by atoms with Crippen LogP contribution in [-0.4, -0.2) is 35.1 Å². The number of nitrogens with zero attached hydrogens (tertiary/aromatic N) is 1. The molecule has 1 unspecified atom stereocenters. The monoisotopic (exact) mass is 464 g/mol. The van der Waals surface area contributed by atoms with Gasteiger partial charge in [-0.1, -0.05) is 42.5 Å². The maximum absolute atomic E-state index is 13.2. The zero-order valence-corrected chi connectivity index (χ0v) is 18.2. The van der Waals surface area contributed by atoms with Crippen LogP contribution in [0.3, 0.4) is 0 Å². The summed E-state index contributed by atoms with van der Waals surface area (Å²) in [4.78, 5) is 48.4. The minimum Gasteiger partial charge on any atom is -0.456 e. The van der Waals surface area contributed by atoms with Crippen molar-refractivity contribution in [3.8, 4) is 0 Å². The summed E-state index contributed by atoms with van der Waals surface area (Å²) < 4.78 is 18.4. The standard InChI is InChI=1S/C25H21FN2O6/c1-16-7-8-18(13-22(16)28(32)33)24(30)15-34-25(31)21(27-20-11-9-19(26)10-12-20)14-23(29)17-5-3-2-4-6-17/h2-13,21,27H,14-15H2,1H3. The largest absolute Gasteiger partial charge is 0.456 e. The van der Waals surface area contributed by atoms with Gasteiger partial charge in [-0.2, -0.15) is 0 Å². The van der Waals surface area contributed by atoms with Gasteiger partial charge in [0, 0.05) is 34.9 Å². The zero-order valence-electron chi connectivity index (χ0n) is 18.2. The van der Waals surface area contributed by atoms with E-state index in [9.17, 15) is 28.9 Å². The van der Waals surface area contributed by atoms with Crippen LogP contribution in [0, 0.1) is 22.9 Å². The van der Waals surface area contributed by atoms with Gasteiger partial charge in [0.25, 0.3) is 5.69 Å². The number of benzene rings is 3. The zero-order chi connectivity index (χ0) is 24.7. The highest BCUT2D eigenvalue weighted by atomic mass is 19.1. The number of nitro groups is 1. The van der Waals surface area contributed by atoms with Crippen LogP contribution >= 0.6 is 0 Å². The van der Waals surface area contributed by atoms with Crippen LogP contribution < -0.4 is 5.32 Å². The predicted molar refractivity (Wildman–Crippen MR) is 122 cm³/mol. The van der Waals surface area contributed by atoms with E-state index in [1.54, 1.807) is 37.3 Å². The number of esters is 1. The number of rotatable bonds is 10. The fraction of sp³-hybridized carbons (Fsp3) is 0.160. The van der Waals surface area contributed by atoms with Gasteiger partial charge in [0.05, 0.1) is 4.92 Å². The molecule has 8 nitrogen and oxygen atoms in total. The van der Waals surface area contributed by atoms with Gasteiger partial charge in [0.2, 0.25) is 5.78 Å². The van der Waals surface area contributed by atoms with Crippen molar-refractivity contribution in [3.05, 3.63) is 105 Å². The molecule has 3 aromatic carbocycles. The number of Topliss-reactive ketones (excluding diaryl/α,β-unsaturated/α-hetero) is 2. The van der Waals surface area contributed by atoms with Gasteiger partial charge in [0.15, 0.2) is 12.4 Å². The van der Waals surface area contributed by atoms with Gasteiger partial charge in [0.1, 0.15) is 11.9 Å². The van der Waals surface area contributed by atoms with Crippen LogP contribution in [0.5, 0.6) is 0 Å². The van der Waals surface area contributed by atoms with Crippen molar-refractivity contribution >= 4 is 28.9 Å². The number of hydrogen-bond acceptors (Lipinski definition) is 7. The second-order valence-corrected chi connectivity index (χ2v) is 7.49. The first kappa shape index (κ1) is 24.2. The Kier molecular flexibility index (Phi) is 7.81. The lowest BCUT2D eigenvalue weighted by molar-refractivity contribution is -0.385. The molecule has 0 heterocycles. The highest BCUT2D eigenvalue weighted by Crippen LogP contribution is 2.20. The molecule has 0 bridgehead atoms. The molecule has 34 heavy (non-hydrogen) atoms. The first-order valence-corrected chi connectivity index (χ1v) is 10.3. The molecule has 0 fully saturated rings. The quantitative estimate of drug-likeness (QED) is 0.203. The number of anilines is 1. The van der Waals surface area contributed by atoms with Crippen molar-refractivity contribution in [1.82, 2.24) is 0 Å².